The van der Waals surface area contributed by atoms with E-state index < -0.39 is 18.6 Å². The van der Waals surface area contributed by atoms with E-state index in [2.05, 4.69) is 24.2 Å². The van der Waals surface area contributed by atoms with Gasteiger partial charge in [-0.2, -0.15) is 0 Å². The first kappa shape index (κ1) is 22.2. The number of carbonyl (C=O) groups is 2. The van der Waals surface area contributed by atoms with Crippen LogP contribution in [0.2, 0.25) is 0 Å². The summed E-state index contributed by atoms with van der Waals surface area (Å²) in [6, 6.07) is -1.04. The van der Waals surface area contributed by atoms with Gasteiger partial charge in [-0.15, -0.1) is 0 Å². The number of rotatable bonds is 16. The van der Waals surface area contributed by atoms with Crippen LogP contribution in [0.1, 0.15) is 71.1 Å². The molecule has 0 aliphatic carbocycles. The quantitative estimate of drug-likeness (QED) is 0.226. The molecule has 0 aromatic rings. The minimum Gasteiger partial charge on any atom is -0.480 e. The van der Waals surface area contributed by atoms with E-state index in [1.807, 2.05) is 0 Å². The molecule has 5 nitrogen and oxygen atoms in total. The maximum atomic E-state index is 11.6. The van der Waals surface area contributed by atoms with Crippen molar-refractivity contribution in [2.75, 3.05) is 6.61 Å². The van der Waals surface area contributed by atoms with E-state index in [1.165, 1.54) is 32.1 Å². The van der Waals surface area contributed by atoms with Crippen molar-refractivity contribution in [1.82, 2.24) is 5.09 Å². The van der Waals surface area contributed by atoms with Crippen molar-refractivity contribution >= 4 is 20.2 Å². The second-order valence-corrected chi connectivity index (χ2v) is 6.78. The summed E-state index contributed by atoms with van der Waals surface area (Å²) in [6.07, 6.45) is 15.3. The number of hydrogen-bond donors (Lipinski definition) is 3. The number of nitrogens with one attached hydrogen (secondary N) is 1. The Morgan fingerprint density at radius 1 is 1.04 bits per heavy atom. The first-order valence-corrected chi connectivity index (χ1v) is 9.64. The molecule has 0 heterocycles. The lowest BCUT2D eigenvalue weighted by Crippen LogP contribution is -2.35. The normalized spacial score (nSPS) is 13.1. The predicted octanol–water partition coefficient (Wildman–Crippen LogP) is 3.62. The first-order chi connectivity index (χ1) is 11.1. The predicted molar refractivity (Wildman–Crippen MR) is 96.0 cm³/mol. The Hall–Kier alpha value is -0.770. The Bertz CT molecular complexity index is 347. The van der Waals surface area contributed by atoms with Crippen LogP contribution >= 0.6 is 8.73 Å². The molecule has 0 spiro atoms. The van der Waals surface area contributed by atoms with Gasteiger partial charge in [-0.1, -0.05) is 51.2 Å². The summed E-state index contributed by atoms with van der Waals surface area (Å²) in [5.74, 6) is -1.13. The third kappa shape index (κ3) is 14.5. The molecule has 0 aliphatic heterocycles. The van der Waals surface area contributed by atoms with Crippen LogP contribution in [0.3, 0.4) is 0 Å². The van der Waals surface area contributed by atoms with Gasteiger partial charge in [0.1, 0.15) is 6.04 Å². The standard InChI is InChI=1S/C17H32NO4P/c1-2-3-4-5-6-7-8-9-10-11-12-13-16(20)23-18-15(14-19)17(21)22/h5-6,15,18-19,23H,2-4,7-14H2,1H3,(H,21,22)/b6-5-. The second-order valence-electron chi connectivity index (χ2n) is 5.69. The molecule has 23 heavy (non-hydrogen) atoms. The number of aliphatic carboxylic acids is 1. The molecule has 6 heteroatoms. The number of carboxylic acid groups (broad SMARTS) is 1. The number of carbonyl (C=O) groups excluding carboxylic acids is 1. The number of allylic oxidation sites excluding steroid dienone is 2. The molecule has 0 bridgehead atoms. The zero-order valence-corrected chi connectivity index (χ0v) is 15.2. The highest BCUT2D eigenvalue weighted by atomic mass is 31.1. The number of carboxylic acids is 1. The highest BCUT2D eigenvalue weighted by Gasteiger charge is 2.16. The van der Waals surface area contributed by atoms with E-state index in [0.29, 0.717) is 6.42 Å². The van der Waals surface area contributed by atoms with E-state index in [9.17, 15) is 9.59 Å². The zero-order valence-electron chi connectivity index (χ0n) is 14.2. The summed E-state index contributed by atoms with van der Waals surface area (Å²) in [5, 5.41) is 20.1. The van der Waals surface area contributed by atoms with Crippen LogP contribution in [0, 0.1) is 0 Å². The molecule has 0 aromatic carbocycles. The summed E-state index contributed by atoms with van der Waals surface area (Å²) < 4.78 is 0. The highest BCUT2D eigenvalue weighted by Crippen LogP contribution is 2.15. The second kappa shape index (κ2) is 16.1. The molecule has 0 amide bonds. The fourth-order valence-electron chi connectivity index (χ4n) is 2.05. The topological polar surface area (TPSA) is 86.6 Å². The average Bonchev–Trinajstić information content (AvgIpc) is 2.52. The van der Waals surface area contributed by atoms with Crippen molar-refractivity contribution in [1.29, 1.82) is 0 Å². The molecule has 0 fully saturated rings. The van der Waals surface area contributed by atoms with E-state index in [0.717, 1.165) is 25.7 Å². The largest absolute Gasteiger partial charge is 0.480 e. The molecular weight excluding hydrogens is 313 g/mol. The van der Waals surface area contributed by atoms with Gasteiger partial charge in [-0.25, -0.2) is 0 Å². The molecule has 0 aromatic heterocycles. The van der Waals surface area contributed by atoms with Crippen LogP contribution < -0.4 is 5.09 Å². The van der Waals surface area contributed by atoms with Gasteiger partial charge in [0, 0.05) is 15.2 Å². The third-order valence-corrected chi connectivity index (χ3v) is 4.55. The molecule has 3 N–H and O–H groups in total. The SMILES string of the molecule is CCCC/C=C\CCCCCCCC(=O)PNC(CO)C(=O)O. The van der Waals surface area contributed by atoms with Crippen molar-refractivity contribution in [2.24, 2.45) is 0 Å². The summed E-state index contributed by atoms with van der Waals surface area (Å²) in [6.45, 7) is 1.70. The molecule has 2 unspecified atom stereocenters. The molecule has 2 atom stereocenters. The fourth-order valence-corrected chi connectivity index (χ4v) is 2.90. The number of aliphatic hydroxyl groups is 1. The lowest BCUT2D eigenvalue weighted by atomic mass is 10.1. The summed E-state index contributed by atoms with van der Waals surface area (Å²) in [5.41, 5.74) is 0.0311. The molecule has 0 saturated heterocycles. The van der Waals surface area contributed by atoms with Crippen molar-refractivity contribution in [3.8, 4) is 0 Å². The monoisotopic (exact) mass is 345 g/mol. The van der Waals surface area contributed by atoms with Gasteiger partial charge in [0.2, 0.25) is 0 Å². The van der Waals surface area contributed by atoms with Gasteiger partial charge in [-0.3, -0.25) is 14.7 Å². The van der Waals surface area contributed by atoms with Crippen molar-refractivity contribution < 1.29 is 19.8 Å². The van der Waals surface area contributed by atoms with Gasteiger partial charge < -0.3 is 10.2 Å². The van der Waals surface area contributed by atoms with E-state index >= 15 is 0 Å². The van der Waals surface area contributed by atoms with Crippen LogP contribution in [-0.4, -0.2) is 34.4 Å². The van der Waals surface area contributed by atoms with Crippen LogP contribution in [0.4, 0.5) is 0 Å². The molecular formula is C17H32NO4P. The first-order valence-electron chi connectivity index (χ1n) is 8.64. The van der Waals surface area contributed by atoms with E-state index in [1.54, 1.807) is 0 Å². The van der Waals surface area contributed by atoms with Crippen LogP contribution in [0.15, 0.2) is 12.2 Å². The minimum absolute atomic E-state index is 0.0311. The van der Waals surface area contributed by atoms with E-state index in [-0.39, 0.29) is 14.3 Å². The Kier molecular flexibility index (Phi) is 15.6. The Labute approximate surface area is 141 Å². The Morgan fingerprint density at radius 2 is 1.65 bits per heavy atom. The lowest BCUT2D eigenvalue weighted by molar-refractivity contribution is -0.139. The maximum absolute atomic E-state index is 11.6. The van der Waals surface area contributed by atoms with Gasteiger partial charge >= 0.3 is 5.97 Å². The van der Waals surface area contributed by atoms with Gasteiger partial charge in [0.25, 0.3) is 0 Å². The number of hydrogen-bond acceptors (Lipinski definition) is 4. The van der Waals surface area contributed by atoms with Gasteiger partial charge in [0.05, 0.1) is 6.61 Å². The molecule has 0 saturated carbocycles. The van der Waals surface area contributed by atoms with Gasteiger partial charge in [-0.05, 0) is 25.7 Å². The summed E-state index contributed by atoms with van der Waals surface area (Å²) in [4.78, 5) is 22.3. The van der Waals surface area contributed by atoms with Crippen LogP contribution in [0.5, 0.6) is 0 Å². The van der Waals surface area contributed by atoms with E-state index in [4.69, 9.17) is 10.2 Å². The zero-order chi connectivity index (χ0) is 17.3. The highest BCUT2D eigenvalue weighted by molar-refractivity contribution is 7.55. The van der Waals surface area contributed by atoms with Gasteiger partial charge in [0.15, 0.2) is 5.52 Å². The fraction of sp³-hybridized carbons (Fsp3) is 0.765. The Morgan fingerprint density at radius 3 is 2.26 bits per heavy atom. The summed E-state index contributed by atoms with van der Waals surface area (Å²) in [7, 11) is -0.241. The van der Waals surface area contributed by atoms with Crippen molar-refractivity contribution in [3.05, 3.63) is 12.2 Å². The average molecular weight is 345 g/mol. The minimum atomic E-state index is -1.13. The van der Waals surface area contributed by atoms with Crippen molar-refractivity contribution in [2.45, 2.75) is 77.2 Å². The molecule has 134 valence electrons. The smallest absolute Gasteiger partial charge is 0.323 e. The molecule has 0 radical (unpaired) electrons. The number of aliphatic hydroxyl groups excluding tert-OH is 1. The molecule has 0 aliphatic rings. The summed E-state index contributed by atoms with van der Waals surface area (Å²) >= 11 is 0. The van der Waals surface area contributed by atoms with Crippen LogP contribution in [-0.2, 0) is 9.59 Å². The van der Waals surface area contributed by atoms with Crippen molar-refractivity contribution in [3.63, 3.8) is 0 Å². The third-order valence-electron chi connectivity index (χ3n) is 3.53. The maximum Gasteiger partial charge on any atom is 0.323 e. The van der Waals surface area contributed by atoms with Crippen LogP contribution in [0.25, 0.3) is 0 Å². The Balaban J connectivity index is 3.42. The lowest BCUT2D eigenvalue weighted by Gasteiger charge is -2.10. The number of unbranched alkanes of at least 4 members (excludes halogenated alkanes) is 7. The molecule has 0 rings (SSSR count).